The van der Waals surface area contributed by atoms with E-state index in [1.165, 1.54) is 5.56 Å². The molecule has 3 heterocycles. The Morgan fingerprint density at radius 1 is 0.821 bits per heavy atom. The Hall–Kier alpha value is -4.20. The van der Waals surface area contributed by atoms with Gasteiger partial charge >= 0.3 is 0 Å². The molecule has 1 aliphatic rings. The molecular weight excluding hydrogens is 484 g/mol. The maximum Gasteiger partial charge on any atom is 0.143 e. The van der Waals surface area contributed by atoms with Gasteiger partial charge in [0.2, 0.25) is 0 Å². The Morgan fingerprint density at radius 3 is 2.31 bits per heavy atom. The number of aromatic amines is 1. The van der Waals surface area contributed by atoms with E-state index in [4.69, 9.17) is 4.74 Å². The summed E-state index contributed by atoms with van der Waals surface area (Å²) in [5, 5.41) is 4.39. The first kappa shape index (κ1) is 25.1. The van der Waals surface area contributed by atoms with Gasteiger partial charge in [0.1, 0.15) is 30.1 Å². The van der Waals surface area contributed by atoms with Crippen molar-refractivity contribution >= 4 is 22.5 Å². The van der Waals surface area contributed by atoms with Gasteiger partial charge in [-0.25, -0.2) is 9.97 Å². The molecule has 0 radical (unpaired) electrons. The van der Waals surface area contributed by atoms with Crippen LogP contribution in [0.1, 0.15) is 18.1 Å². The molecule has 39 heavy (non-hydrogen) atoms. The highest BCUT2D eigenvalue weighted by atomic mass is 16.5. The van der Waals surface area contributed by atoms with E-state index in [-0.39, 0.29) is 0 Å². The van der Waals surface area contributed by atoms with Crippen molar-refractivity contribution in [2.45, 2.75) is 20.1 Å². The van der Waals surface area contributed by atoms with Crippen LogP contribution < -0.4 is 10.1 Å². The SMILES string of the molecule is CCN1CCN(Cc2ccc(-c3cc4c(Nc5ccc(OCc6ccccc6)cc5)ncnc4[nH]3)cc2)CC1. The average Bonchev–Trinajstić information content (AvgIpc) is 3.44. The van der Waals surface area contributed by atoms with Crippen molar-refractivity contribution in [3.63, 3.8) is 0 Å². The number of H-pyrrole nitrogens is 1. The summed E-state index contributed by atoms with van der Waals surface area (Å²) in [6.07, 6.45) is 1.59. The lowest BCUT2D eigenvalue weighted by Gasteiger charge is -2.34. The summed E-state index contributed by atoms with van der Waals surface area (Å²) >= 11 is 0. The minimum atomic E-state index is 0.545. The van der Waals surface area contributed by atoms with Crippen LogP contribution in [0.4, 0.5) is 11.5 Å². The smallest absolute Gasteiger partial charge is 0.143 e. The van der Waals surface area contributed by atoms with Crippen molar-refractivity contribution in [2.24, 2.45) is 0 Å². The molecule has 5 aromatic rings. The number of rotatable bonds is 9. The first-order valence-corrected chi connectivity index (χ1v) is 13.6. The number of piperazine rings is 1. The van der Waals surface area contributed by atoms with Gasteiger partial charge in [-0.05, 0) is 53.6 Å². The molecule has 0 amide bonds. The highest BCUT2D eigenvalue weighted by Crippen LogP contribution is 2.29. The summed E-state index contributed by atoms with van der Waals surface area (Å²) < 4.78 is 5.92. The number of fused-ring (bicyclic) bond motifs is 1. The summed E-state index contributed by atoms with van der Waals surface area (Å²) in [6.45, 7) is 9.52. The van der Waals surface area contributed by atoms with Crippen molar-refractivity contribution in [3.8, 4) is 17.0 Å². The molecule has 1 fully saturated rings. The van der Waals surface area contributed by atoms with Gasteiger partial charge in [-0.3, -0.25) is 4.90 Å². The van der Waals surface area contributed by atoms with E-state index in [1.54, 1.807) is 6.33 Å². The van der Waals surface area contributed by atoms with Gasteiger partial charge in [-0.2, -0.15) is 0 Å². The van der Waals surface area contributed by atoms with E-state index in [0.29, 0.717) is 6.61 Å². The summed E-state index contributed by atoms with van der Waals surface area (Å²) in [4.78, 5) is 17.5. The zero-order valence-electron chi connectivity index (χ0n) is 22.3. The minimum absolute atomic E-state index is 0.545. The fourth-order valence-electron chi connectivity index (χ4n) is 5.02. The van der Waals surface area contributed by atoms with E-state index in [9.17, 15) is 0 Å². The molecule has 6 rings (SSSR count). The molecule has 2 N–H and O–H groups in total. The lowest BCUT2D eigenvalue weighted by Crippen LogP contribution is -2.45. The lowest BCUT2D eigenvalue weighted by molar-refractivity contribution is 0.132. The van der Waals surface area contributed by atoms with E-state index in [1.807, 2.05) is 42.5 Å². The van der Waals surface area contributed by atoms with E-state index >= 15 is 0 Å². The van der Waals surface area contributed by atoms with Crippen molar-refractivity contribution in [1.29, 1.82) is 0 Å². The van der Waals surface area contributed by atoms with Gasteiger partial charge in [-0.1, -0.05) is 61.5 Å². The Balaban J connectivity index is 1.11. The third-order valence-electron chi connectivity index (χ3n) is 7.37. The highest BCUT2D eigenvalue weighted by Gasteiger charge is 2.16. The molecule has 1 saturated heterocycles. The van der Waals surface area contributed by atoms with Gasteiger partial charge in [0.15, 0.2) is 0 Å². The molecule has 0 unspecified atom stereocenters. The van der Waals surface area contributed by atoms with Crippen LogP contribution in [0, 0.1) is 0 Å². The van der Waals surface area contributed by atoms with Gasteiger partial charge in [0.25, 0.3) is 0 Å². The second kappa shape index (κ2) is 11.7. The maximum absolute atomic E-state index is 5.92. The molecule has 0 atom stereocenters. The first-order valence-electron chi connectivity index (χ1n) is 13.6. The van der Waals surface area contributed by atoms with Gasteiger partial charge in [0, 0.05) is 44.1 Å². The molecule has 7 nitrogen and oxygen atoms in total. The van der Waals surface area contributed by atoms with Gasteiger partial charge in [-0.15, -0.1) is 0 Å². The molecule has 0 bridgehead atoms. The Morgan fingerprint density at radius 2 is 1.56 bits per heavy atom. The van der Waals surface area contributed by atoms with Crippen molar-refractivity contribution < 1.29 is 4.74 Å². The third-order valence-corrected chi connectivity index (χ3v) is 7.37. The zero-order chi connectivity index (χ0) is 26.4. The molecule has 2 aromatic heterocycles. The van der Waals surface area contributed by atoms with Crippen LogP contribution in [0.25, 0.3) is 22.3 Å². The molecule has 0 saturated carbocycles. The molecule has 3 aromatic carbocycles. The maximum atomic E-state index is 5.92. The van der Waals surface area contributed by atoms with Crippen LogP contribution in [0.15, 0.2) is 91.3 Å². The fraction of sp³-hybridized carbons (Fsp3) is 0.250. The number of anilines is 2. The number of nitrogens with zero attached hydrogens (tertiary/aromatic N) is 4. The van der Waals surface area contributed by atoms with Crippen LogP contribution in [0.3, 0.4) is 0 Å². The van der Waals surface area contributed by atoms with Gasteiger partial charge in [0.05, 0.1) is 5.39 Å². The predicted molar refractivity (Wildman–Crippen MR) is 157 cm³/mol. The molecule has 0 aliphatic carbocycles. The number of aromatic nitrogens is 3. The number of nitrogens with one attached hydrogen (secondary N) is 2. The highest BCUT2D eigenvalue weighted by molar-refractivity contribution is 5.92. The zero-order valence-corrected chi connectivity index (χ0v) is 22.3. The Labute approximate surface area is 229 Å². The standard InChI is InChI=1S/C32H34N6O/c1-2-37-16-18-38(19-17-37)21-24-8-10-26(11-9-24)30-20-29-31(33-23-34-32(29)36-30)35-27-12-14-28(15-13-27)39-22-25-6-4-3-5-7-25/h3-15,20,23H,2,16-19,21-22H2,1H3,(H2,33,34,35,36). The summed E-state index contributed by atoms with van der Waals surface area (Å²) in [5.41, 5.74) is 6.40. The van der Waals surface area contributed by atoms with Crippen LogP contribution in [0.2, 0.25) is 0 Å². The lowest BCUT2D eigenvalue weighted by atomic mass is 10.1. The number of ether oxygens (including phenoxy) is 1. The third kappa shape index (κ3) is 6.11. The van der Waals surface area contributed by atoms with E-state index in [2.05, 4.69) is 79.5 Å². The van der Waals surface area contributed by atoms with Crippen LogP contribution in [-0.4, -0.2) is 57.5 Å². The van der Waals surface area contributed by atoms with Crippen LogP contribution >= 0.6 is 0 Å². The fourth-order valence-corrected chi connectivity index (χ4v) is 5.02. The van der Waals surface area contributed by atoms with Crippen molar-refractivity contribution in [3.05, 3.63) is 102 Å². The Bertz CT molecular complexity index is 1490. The minimum Gasteiger partial charge on any atom is -0.489 e. The molecule has 198 valence electrons. The van der Waals surface area contributed by atoms with E-state index in [0.717, 1.165) is 84.4 Å². The number of benzene rings is 3. The van der Waals surface area contributed by atoms with Gasteiger partial charge < -0.3 is 19.9 Å². The Kier molecular flexibility index (Phi) is 7.52. The normalized spacial score (nSPS) is 14.5. The molecule has 1 aliphatic heterocycles. The number of hydrogen-bond donors (Lipinski definition) is 2. The molecule has 7 heteroatoms. The number of hydrogen-bond acceptors (Lipinski definition) is 6. The largest absolute Gasteiger partial charge is 0.489 e. The molecular formula is C32H34N6O. The second-order valence-corrected chi connectivity index (χ2v) is 10.00. The summed E-state index contributed by atoms with van der Waals surface area (Å²) in [6, 6.07) is 29.1. The first-order chi connectivity index (χ1) is 19.2. The average molecular weight is 519 g/mol. The summed E-state index contributed by atoms with van der Waals surface area (Å²) in [5.74, 6) is 1.59. The second-order valence-electron chi connectivity index (χ2n) is 10.00. The van der Waals surface area contributed by atoms with Crippen LogP contribution in [-0.2, 0) is 13.2 Å². The van der Waals surface area contributed by atoms with Crippen molar-refractivity contribution in [2.75, 3.05) is 38.0 Å². The topological polar surface area (TPSA) is 69.3 Å². The summed E-state index contributed by atoms with van der Waals surface area (Å²) in [7, 11) is 0. The van der Waals surface area contributed by atoms with Crippen LogP contribution in [0.5, 0.6) is 5.75 Å². The monoisotopic (exact) mass is 518 g/mol. The van der Waals surface area contributed by atoms with Crippen molar-refractivity contribution in [1.82, 2.24) is 24.8 Å². The van der Waals surface area contributed by atoms with E-state index < -0.39 is 0 Å². The number of likely N-dealkylation sites (N-methyl/N-ethyl adjacent to an activating group) is 1. The predicted octanol–water partition coefficient (Wildman–Crippen LogP) is 6.09. The quantitative estimate of drug-likeness (QED) is 0.246. The molecule has 0 spiro atoms.